The number of hydrogen-bond acceptors (Lipinski definition) is 14. The first kappa shape index (κ1) is 48.6. The molecule has 0 unspecified atom stereocenters. The van der Waals surface area contributed by atoms with E-state index in [1.54, 1.807) is 4.90 Å². The van der Waals surface area contributed by atoms with E-state index < -0.39 is 0 Å². The van der Waals surface area contributed by atoms with Crippen LogP contribution in [0, 0.1) is 0 Å². The van der Waals surface area contributed by atoms with Gasteiger partial charge in [-0.1, -0.05) is 55.5 Å². The van der Waals surface area contributed by atoms with Crippen LogP contribution in [-0.4, -0.2) is 183 Å². The minimum atomic E-state index is -0.388. The smallest absolute Gasteiger partial charge is 0.410 e. The summed E-state index contributed by atoms with van der Waals surface area (Å²) in [5.74, 6) is 0. The van der Waals surface area contributed by atoms with E-state index >= 15 is 0 Å². The molecule has 57 heavy (non-hydrogen) atoms. The Hall–Kier alpha value is -2.77. The number of carbonyl (C=O) groups excluding carboxylic acids is 1. The molecule has 3 rings (SSSR count). The van der Waals surface area contributed by atoms with Gasteiger partial charge < -0.3 is 61.6 Å². The van der Waals surface area contributed by atoms with Crippen molar-refractivity contribution in [3.8, 4) is 11.1 Å². The highest BCUT2D eigenvalue weighted by molar-refractivity contribution is 5.81. The van der Waals surface area contributed by atoms with E-state index in [9.17, 15) is 4.79 Å². The van der Waals surface area contributed by atoms with E-state index in [4.69, 9.17) is 61.6 Å². The van der Waals surface area contributed by atoms with Crippen molar-refractivity contribution in [3.05, 3.63) is 59.7 Å². The van der Waals surface area contributed by atoms with Gasteiger partial charge in [-0.15, -0.1) is 0 Å². The topological polar surface area (TPSA) is 140 Å². The van der Waals surface area contributed by atoms with Gasteiger partial charge in [0.05, 0.1) is 165 Å². The maximum atomic E-state index is 12.8. The highest BCUT2D eigenvalue weighted by Crippen LogP contribution is 2.46. The van der Waals surface area contributed by atoms with Gasteiger partial charge in [0.2, 0.25) is 0 Å². The van der Waals surface area contributed by atoms with Gasteiger partial charge in [-0.05, 0) is 28.7 Å². The first-order valence-corrected chi connectivity index (χ1v) is 20.2. The maximum absolute atomic E-state index is 12.8. The number of carbonyl (C=O) groups is 1. The van der Waals surface area contributed by atoms with Gasteiger partial charge in [0.25, 0.3) is 0 Å². The van der Waals surface area contributed by atoms with Crippen molar-refractivity contribution in [2.24, 2.45) is 0 Å². The average Bonchev–Trinajstić information content (AvgIpc) is 3.57. The summed E-state index contributed by atoms with van der Waals surface area (Å²) >= 11 is 0. The summed E-state index contributed by atoms with van der Waals surface area (Å²) in [5.41, 5.74) is 4.45. The fourth-order valence-corrected chi connectivity index (χ4v) is 5.74. The standard InChI is InChI=1S/C42H67NO14/c1-3-13-46-15-17-48-19-21-50-23-25-52-27-29-54-31-33-56-35-36-57-34-32-55-30-28-53-26-24-51-22-20-49-18-16-47-14-12-43(42(44)45-2)41-39-10-6-4-8-37(39)38-9-5-7-11-40(38)41/h4-11,41H,3,12-36H2,1-2H3. The van der Waals surface area contributed by atoms with Crippen molar-refractivity contribution in [1.29, 1.82) is 0 Å². The quantitative estimate of drug-likeness (QED) is 0.0880. The van der Waals surface area contributed by atoms with Crippen molar-refractivity contribution >= 4 is 6.09 Å². The van der Waals surface area contributed by atoms with Gasteiger partial charge in [-0.25, -0.2) is 4.79 Å². The second kappa shape index (κ2) is 34.1. The normalized spacial score (nSPS) is 12.2. The molecule has 1 aliphatic carbocycles. The first-order valence-electron chi connectivity index (χ1n) is 20.2. The summed E-state index contributed by atoms with van der Waals surface area (Å²) in [6.45, 7) is 14.7. The van der Waals surface area contributed by atoms with E-state index in [1.165, 1.54) is 7.11 Å². The number of fused-ring (bicyclic) bond motifs is 3. The Morgan fingerprint density at radius 3 is 0.965 bits per heavy atom. The van der Waals surface area contributed by atoms with Crippen LogP contribution in [-0.2, 0) is 61.6 Å². The van der Waals surface area contributed by atoms with E-state index in [0.29, 0.717) is 159 Å². The van der Waals surface area contributed by atoms with E-state index in [2.05, 4.69) is 31.2 Å². The van der Waals surface area contributed by atoms with Crippen LogP contribution in [0.15, 0.2) is 48.5 Å². The second-order valence-electron chi connectivity index (χ2n) is 12.6. The number of hydrogen-bond donors (Lipinski definition) is 0. The van der Waals surface area contributed by atoms with Crippen LogP contribution >= 0.6 is 0 Å². The third-order valence-corrected chi connectivity index (χ3v) is 8.44. The summed E-state index contributed by atoms with van der Waals surface area (Å²) in [4.78, 5) is 14.5. The van der Waals surface area contributed by atoms with E-state index in [-0.39, 0.29) is 12.1 Å². The number of rotatable bonds is 39. The molecule has 0 saturated heterocycles. The monoisotopic (exact) mass is 809 g/mol. The molecule has 0 atom stereocenters. The van der Waals surface area contributed by atoms with Gasteiger partial charge in [-0.3, -0.25) is 4.90 Å². The zero-order chi connectivity index (χ0) is 40.3. The zero-order valence-electron chi connectivity index (χ0n) is 34.2. The number of amides is 1. The molecule has 1 amide bonds. The Labute approximate surface area is 339 Å². The molecule has 0 fully saturated rings. The molecule has 0 spiro atoms. The maximum Gasteiger partial charge on any atom is 0.410 e. The minimum absolute atomic E-state index is 0.222. The molecule has 2 aromatic rings. The van der Waals surface area contributed by atoms with Crippen molar-refractivity contribution in [1.82, 2.24) is 4.90 Å². The van der Waals surface area contributed by atoms with E-state index in [0.717, 1.165) is 35.3 Å². The fourth-order valence-electron chi connectivity index (χ4n) is 5.74. The van der Waals surface area contributed by atoms with Crippen LogP contribution in [0.1, 0.15) is 30.5 Å². The largest absolute Gasteiger partial charge is 0.453 e. The Kier molecular flexibility index (Phi) is 29.1. The van der Waals surface area contributed by atoms with Gasteiger partial charge in [0.15, 0.2) is 0 Å². The molecule has 0 heterocycles. The molecule has 0 radical (unpaired) electrons. The van der Waals surface area contributed by atoms with Crippen molar-refractivity contribution < 1.29 is 66.4 Å². The van der Waals surface area contributed by atoms with Crippen LogP contribution in [0.4, 0.5) is 4.79 Å². The summed E-state index contributed by atoms with van der Waals surface area (Å²) in [7, 11) is 1.40. The summed E-state index contributed by atoms with van der Waals surface area (Å²) in [5, 5.41) is 0. The molecule has 1 aliphatic rings. The van der Waals surface area contributed by atoms with Crippen LogP contribution < -0.4 is 0 Å². The third kappa shape index (κ3) is 21.7. The minimum Gasteiger partial charge on any atom is -0.453 e. The lowest BCUT2D eigenvalue weighted by Gasteiger charge is -2.29. The van der Waals surface area contributed by atoms with Crippen molar-refractivity contribution in [3.63, 3.8) is 0 Å². The van der Waals surface area contributed by atoms with Crippen molar-refractivity contribution in [2.45, 2.75) is 19.4 Å². The van der Waals surface area contributed by atoms with Crippen LogP contribution in [0.3, 0.4) is 0 Å². The lowest BCUT2D eigenvalue weighted by Crippen LogP contribution is -2.37. The highest BCUT2D eigenvalue weighted by atomic mass is 16.6. The molecular weight excluding hydrogens is 742 g/mol. The first-order chi connectivity index (χ1) is 28.3. The predicted octanol–water partition coefficient (Wildman–Crippen LogP) is 4.43. The average molecular weight is 810 g/mol. The third-order valence-electron chi connectivity index (χ3n) is 8.44. The number of benzene rings is 2. The molecule has 15 heteroatoms. The molecule has 0 saturated carbocycles. The second-order valence-corrected chi connectivity index (χ2v) is 12.6. The van der Waals surface area contributed by atoms with E-state index in [1.807, 2.05) is 24.3 Å². The fraction of sp³-hybridized carbons (Fsp3) is 0.690. The Morgan fingerprint density at radius 1 is 0.421 bits per heavy atom. The molecule has 0 bridgehead atoms. The summed E-state index contributed by atoms with van der Waals surface area (Å²) < 4.78 is 71.4. The molecule has 2 aromatic carbocycles. The van der Waals surface area contributed by atoms with Crippen LogP contribution in [0.2, 0.25) is 0 Å². The van der Waals surface area contributed by atoms with Crippen LogP contribution in [0.5, 0.6) is 0 Å². The lowest BCUT2D eigenvalue weighted by atomic mass is 10.0. The number of methoxy groups -OCH3 is 1. The van der Waals surface area contributed by atoms with Gasteiger partial charge in [0.1, 0.15) is 0 Å². The molecule has 0 aliphatic heterocycles. The lowest BCUT2D eigenvalue weighted by molar-refractivity contribution is -0.0285. The Morgan fingerprint density at radius 2 is 0.684 bits per heavy atom. The van der Waals surface area contributed by atoms with Crippen LogP contribution in [0.25, 0.3) is 11.1 Å². The number of nitrogens with zero attached hydrogens (tertiary/aromatic N) is 1. The molecular formula is C42H67NO14. The Balaban J connectivity index is 0.991. The number of ether oxygens (including phenoxy) is 13. The molecule has 0 aromatic heterocycles. The SMILES string of the molecule is CCCOCCOCCOCCOCCOCCOCCOCCOCCOCCOCCOCCOCCN(C(=O)OC)C1c2ccccc2-c2ccccc21. The van der Waals surface area contributed by atoms with Gasteiger partial charge in [-0.2, -0.15) is 0 Å². The van der Waals surface area contributed by atoms with Gasteiger partial charge in [0, 0.05) is 13.2 Å². The van der Waals surface area contributed by atoms with Gasteiger partial charge >= 0.3 is 6.09 Å². The zero-order valence-corrected chi connectivity index (χ0v) is 34.2. The molecule has 0 N–H and O–H groups in total. The summed E-state index contributed by atoms with van der Waals surface area (Å²) in [6.07, 6.45) is 0.631. The Bertz CT molecular complexity index is 1210. The van der Waals surface area contributed by atoms with Crippen molar-refractivity contribution in [2.75, 3.05) is 172 Å². The predicted molar refractivity (Wildman–Crippen MR) is 213 cm³/mol. The molecule has 324 valence electrons. The molecule has 15 nitrogen and oxygen atoms in total. The highest BCUT2D eigenvalue weighted by Gasteiger charge is 2.35. The summed E-state index contributed by atoms with van der Waals surface area (Å²) in [6, 6.07) is 16.1.